The van der Waals surface area contributed by atoms with Crippen LogP contribution in [0.15, 0.2) is 185 Å². The molecule has 2 aromatic heterocycles. The highest BCUT2D eigenvalue weighted by molar-refractivity contribution is 6.18. The molecule has 0 atom stereocenters. The number of hydrogen-bond donors (Lipinski definition) is 0. The van der Waals surface area contributed by atoms with Gasteiger partial charge in [-0.1, -0.05) is 127 Å². The first-order valence-electron chi connectivity index (χ1n) is 15.8. The van der Waals surface area contributed by atoms with Crippen molar-refractivity contribution in [3.8, 4) is 33.6 Å². The van der Waals surface area contributed by atoms with Crippen molar-refractivity contribution in [2.45, 2.75) is 0 Å². The number of fused-ring (bicyclic) bond motifs is 4. The number of anilines is 3. The second-order valence-electron chi connectivity index (χ2n) is 11.8. The Bertz CT molecular complexity index is 2490. The molecule has 2 heterocycles. The summed E-state index contributed by atoms with van der Waals surface area (Å²) in [6, 6.07) is 61.3. The lowest BCUT2D eigenvalue weighted by Gasteiger charge is -2.26. The molecule has 0 aliphatic heterocycles. The van der Waals surface area contributed by atoms with Crippen molar-refractivity contribution in [3.05, 3.63) is 176 Å². The summed E-state index contributed by atoms with van der Waals surface area (Å²) in [7, 11) is 0. The van der Waals surface area contributed by atoms with Gasteiger partial charge in [-0.3, -0.25) is 0 Å². The molecule has 0 aliphatic carbocycles. The van der Waals surface area contributed by atoms with Crippen molar-refractivity contribution in [3.63, 3.8) is 0 Å². The Kier molecular flexibility index (Phi) is 6.46. The molecule has 0 spiro atoms. The SMILES string of the molecule is c1ccc(-c2cccc(-c3ccc(N(c4ccccc4)c4c5oc(-c6ccccc6)cc5cc5c4oc4ccccc45)cc3)c2)cc1. The van der Waals surface area contributed by atoms with Gasteiger partial charge in [0.15, 0.2) is 11.2 Å². The van der Waals surface area contributed by atoms with Gasteiger partial charge >= 0.3 is 0 Å². The maximum absolute atomic E-state index is 6.76. The average Bonchev–Trinajstić information content (AvgIpc) is 3.75. The van der Waals surface area contributed by atoms with Crippen LogP contribution in [0.25, 0.3) is 66.5 Å². The summed E-state index contributed by atoms with van der Waals surface area (Å²) in [5.74, 6) is 0.820. The van der Waals surface area contributed by atoms with E-state index in [4.69, 9.17) is 8.83 Å². The molecule has 0 N–H and O–H groups in total. The van der Waals surface area contributed by atoms with Crippen molar-refractivity contribution >= 4 is 50.0 Å². The van der Waals surface area contributed by atoms with E-state index in [1.807, 2.05) is 36.4 Å². The average molecular weight is 604 g/mol. The highest BCUT2D eigenvalue weighted by atomic mass is 16.3. The number of rotatable bonds is 6. The summed E-state index contributed by atoms with van der Waals surface area (Å²) in [4.78, 5) is 2.26. The molecule has 0 saturated heterocycles. The van der Waals surface area contributed by atoms with Crippen molar-refractivity contribution in [1.82, 2.24) is 0 Å². The Morgan fingerprint density at radius 2 is 0.936 bits per heavy atom. The second kappa shape index (κ2) is 11.2. The van der Waals surface area contributed by atoms with Gasteiger partial charge in [0.1, 0.15) is 17.0 Å². The van der Waals surface area contributed by atoms with E-state index in [0.29, 0.717) is 0 Å². The zero-order chi connectivity index (χ0) is 31.2. The minimum absolute atomic E-state index is 0.777. The first kappa shape index (κ1) is 27.0. The molecule has 0 unspecified atom stereocenters. The largest absolute Gasteiger partial charge is 0.454 e. The van der Waals surface area contributed by atoms with Gasteiger partial charge in [-0.05, 0) is 70.8 Å². The van der Waals surface area contributed by atoms with Crippen LogP contribution in [0.1, 0.15) is 0 Å². The third-order valence-electron chi connectivity index (χ3n) is 8.85. The standard InChI is InChI=1S/C44H29NO2/c1-4-13-30(14-5-1)33-17-12-18-34(27-33)31-23-25-37(26-24-31)45(36-19-8-3-9-20-36)42-43-35(29-41(47-43)32-15-6-2-7-16-32)28-39-38-21-10-11-22-40(38)46-44(39)42/h1-29H. The molecule has 3 nitrogen and oxygen atoms in total. The van der Waals surface area contributed by atoms with E-state index >= 15 is 0 Å². The highest BCUT2D eigenvalue weighted by Crippen LogP contribution is 2.48. The predicted octanol–water partition coefficient (Wildman–Crippen LogP) is 12.8. The van der Waals surface area contributed by atoms with E-state index < -0.39 is 0 Å². The summed E-state index contributed by atoms with van der Waals surface area (Å²) in [5.41, 5.74) is 11.1. The molecule has 0 radical (unpaired) electrons. The maximum Gasteiger partial charge on any atom is 0.163 e. The van der Waals surface area contributed by atoms with Crippen LogP contribution in [0.3, 0.4) is 0 Å². The maximum atomic E-state index is 6.76. The van der Waals surface area contributed by atoms with Crippen molar-refractivity contribution in [1.29, 1.82) is 0 Å². The van der Waals surface area contributed by atoms with Gasteiger partial charge in [0, 0.05) is 33.1 Å². The zero-order valence-corrected chi connectivity index (χ0v) is 25.5. The monoisotopic (exact) mass is 603 g/mol. The van der Waals surface area contributed by atoms with Crippen LogP contribution in [0.5, 0.6) is 0 Å². The number of furan rings is 2. The predicted molar refractivity (Wildman–Crippen MR) is 194 cm³/mol. The molecule has 9 rings (SSSR count). The summed E-state index contributed by atoms with van der Waals surface area (Å²) >= 11 is 0. The minimum Gasteiger partial charge on any atom is -0.454 e. The summed E-state index contributed by atoms with van der Waals surface area (Å²) in [6.07, 6.45) is 0. The Morgan fingerprint density at radius 1 is 0.362 bits per heavy atom. The van der Waals surface area contributed by atoms with E-state index in [0.717, 1.165) is 66.9 Å². The molecule has 9 aromatic rings. The number of para-hydroxylation sites is 2. The Hall–Kier alpha value is -6.32. The van der Waals surface area contributed by atoms with Crippen LogP contribution in [-0.4, -0.2) is 0 Å². The first-order chi connectivity index (χ1) is 23.3. The number of nitrogens with zero attached hydrogens (tertiary/aromatic N) is 1. The molecule has 0 saturated carbocycles. The summed E-state index contributed by atoms with van der Waals surface area (Å²) < 4.78 is 13.4. The quantitative estimate of drug-likeness (QED) is 0.189. The Labute approximate surface area is 272 Å². The molecule has 0 aliphatic rings. The molecule has 7 aromatic carbocycles. The fourth-order valence-electron chi connectivity index (χ4n) is 6.58. The number of hydrogen-bond acceptors (Lipinski definition) is 3. The molecular weight excluding hydrogens is 574 g/mol. The zero-order valence-electron chi connectivity index (χ0n) is 25.5. The Balaban J connectivity index is 1.25. The van der Waals surface area contributed by atoms with Crippen LogP contribution in [-0.2, 0) is 0 Å². The van der Waals surface area contributed by atoms with E-state index in [2.05, 4.69) is 144 Å². The van der Waals surface area contributed by atoms with Gasteiger partial charge in [-0.25, -0.2) is 0 Å². The summed E-state index contributed by atoms with van der Waals surface area (Å²) in [5, 5.41) is 3.15. The molecule has 47 heavy (non-hydrogen) atoms. The minimum atomic E-state index is 0.777. The van der Waals surface area contributed by atoms with E-state index in [-0.39, 0.29) is 0 Å². The molecule has 0 fully saturated rings. The molecule has 222 valence electrons. The number of benzene rings is 7. The molecule has 0 amide bonds. The Morgan fingerprint density at radius 3 is 1.66 bits per heavy atom. The van der Waals surface area contributed by atoms with Gasteiger partial charge in [-0.15, -0.1) is 0 Å². The van der Waals surface area contributed by atoms with Crippen LogP contribution in [0.4, 0.5) is 17.1 Å². The summed E-state index contributed by atoms with van der Waals surface area (Å²) in [6.45, 7) is 0. The van der Waals surface area contributed by atoms with E-state index in [9.17, 15) is 0 Å². The van der Waals surface area contributed by atoms with Crippen LogP contribution in [0, 0.1) is 0 Å². The first-order valence-corrected chi connectivity index (χ1v) is 15.8. The lowest BCUT2D eigenvalue weighted by Crippen LogP contribution is -2.10. The highest BCUT2D eigenvalue weighted by Gasteiger charge is 2.25. The third kappa shape index (κ3) is 4.77. The fourth-order valence-corrected chi connectivity index (χ4v) is 6.58. The van der Waals surface area contributed by atoms with Gasteiger partial charge in [0.25, 0.3) is 0 Å². The molecular formula is C44H29NO2. The van der Waals surface area contributed by atoms with Crippen LogP contribution < -0.4 is 4.90 Å². The van der Waals surface area contributed by atoms with Crippen molar-refractivity contribution in [2.75, 3.05) is 4.90 Å². The van der Waals surface area contributed by atoms with Gasteiger partial charge in [0.2, 0.25) is 0 Å². The normalized spacial score (nSPS) is 11.4. The van der Waals surface area contributed by atoms with E-state index in [1.165, 1.54) is 16.7 Å². The van der Waals surface area contributed by atoms with Gasteiger partial charge in [-0.2, -0.15) is 0 Å². The van der Waals surface area contributed by atoms with Gasteiger partial charge in [0.05, 0.1) is 0 Å². The van der Waals surface area contributed by atoms with Crippen LogP contribution >= 0.6 is 0 Å². The molecule has 3 heteroatoms. The topological polar surface area (TPSA) is 29.5 Å². The van der Waals surface area contributed by atoms with E-state index in [1.54, 1.807) is 0 Å². The van der Waals surface area contributed by atoms with Crippen LogP contribution in [0.2, 0.25) is 0 Å². The molecule has 0 bridgehead atoms. The fraction of sp³-hybridized carbons (Fsp3) is 0. The lowest BCUT2D eigenvalue weighted by molar-refractivity contribution is 0.628. The van der Waals surface area contributed by atoms with Gasteiger partial charge < -0.3 is 13.7 Å². The van der Waals surface area contributed by atoms with Crippen molar-refractivity contribution in [2.24, 2.45) is 0 Å². The van der Waals surface area contributed by atoms with Crippen molar-refractivity contribution < 1.29 is 8.83 Å². The second-order valence-corrected chi connectivity index (χ2v) is 11.8. The lowest BCUT2D eigenvalue weighted by atomic mass is 9.99. The smallest absolute Gasteiger partial charge is 0.163 e. The third-order valence-corrected chi connectivity index (χ3v) is 8.85.